The molecule has 1 heterocycles. The topological polar surface area (TPSA) is 84.9 Å². The molecule has 1 saturated heterocycles. The Morgan fingerprint density at radius 2 is 1.75 bits per heavy atom. The van der Waals surface area contributed by atoms with Crippen molar-refractivity contribution in [2.75, 3.05) is 6.61 Å². The Bertz CT molecular complexity index is 701. The predicted octanol–water partition coefficient (Wildman–Crippen LogP) is 0.953. The lowest BCUT2D eigenvalue weighted by Crippen LogP contribution is -2.41. The Kier molecular flexibility index (Phi) is 5.19. The number of aryl methyl sites for hydroxylation is 1. The molecule has 1 unspecified atom stereocenters. The number of nitrogens with one attached hydrogen (secondary N) is 1. The predicted molar refractivity (Wildman–Crippen MR) is 93.8 cm³/mol. The monoisotopic (exact) mass is 355 g/mol. The van der Waals surface area contributed by atoms with Crippen LogP contribution in [-0.4, -0.2) is 44.5 Å². The van der Waals surface area contributed by atoms with Crippen LogP contribution >= 0.6 is 0 Å². The van der Waals surface area contributed by atoms with E-state index in [1.807, 2.05) is 34.6 Å². The van der Waals surface area contributed by atoms with Crippen LogP contribution in [0.1, 0.15) is 40.2 Å². The lowest BCUT2D eigenvalue weighted by atomic mass is 9.76. The summed E-state index contributed by atoms with van der Waals surface area (Å²) in [4.78, 5) is 0.123. The van der Waals surface area contributed by atoms with Gasteiger partial charge in [-0.05, 0) is 59.1 Å². The van der Waals surface area contributed by atoms with Gasteiger partial charge in [0.25, 0.3) is 0 Å². The molecule has 0 aromatic heterocycles. The maximum absolute atomic E-state index is 12.4. The van der Waals surface area contributed by atoms with E-state index < -0.39 is 34.4 Å². The van der Waals surface area contributed by atoms with Crippen molar-refractivity contribution in [3.8, 4) is 0 Å². The third-order valence-corrected chi connectivity index (χ3v) is 6.29. The number of aliphatic hydroxyl groups excluding tert-OH is 1. The SMILES string of the molecule is Cc1ccc(S(=O)(=O)NC(C)CO)cc1B1OC(C)(C)C(C)(C)O1. The normalized spacial score (nSPS) is 21.0. The zero-order valence-corrected chi connectivity index (χ0v) is 15.9. The second-order valence-electron chi connectivity index (χ2n) is 7.31. The summed E-state index contributed by atoms with van der Waals surface area (Å²) in [6, 6.07) is 4.29. The number of rotatable bonds is 5. The summed E-state index contributed by atoms with van der Waals surface area (Å²) in [5, 5.41) is 9.06. The largest absolute Gasteiger partial charge is 0.495 e. The molecule has 8 heteroatoms. The maximum atomic E-state index is 12.4. The molecule has 2 rings (SSSR count). The number of hydrogen-bond donors (Lipinski definition) is 2. The molecular weight excluding hydrogens is 329 g/mol. The number of sulfonamides is 1. The third kappa shape index (κ3) is 3.67. The second-order valence-corrected chi connectivity index (χ2v) is 9.03. The van der Waals surface area contributed by atoms with Crippen LogP contribution in [0.25, 0.3) is 0 Å². The van der Waals surface area contributed by atoms with E-state index in [-0.39, 0.29) is 11.5 Å². The lowest BCUT2D eigenvalue weighted by Gasteiger charge is -2.32. The smallest absolute Gasteiger partial charge is 0.399 e. The summed E-state index contributed by atoms with van der Waals surface area (Å²) in [7, 11) is -4.34. The minimum atomic E-state index is -3.72. The average molecular weight is 355 g/mol. The van der Waals surface area contributed by atoms with E-state index in [9.17, 15) is 8.42 Å². The molecule has 134 valence electrons. The maximum Gasteiger partial charge on any atom is 0.495 e. The van der Waals surface area contributed by atoms with Crippen molar-refractivity contribution >= 4 is 22.6 Å². The Morgan fingerprint density at radius 1 is 1.21 bits per heavy atom. The van der Waals surface area contributed by atoms with Crippen LogP contribution in [0.5, 0.6) is 0 Å². The minimum Gasteiger partial charge on any atom is -0.399 e. The number of benzene rings is 1. The van der Waals surface area contributed by atoms with Crippen molar-refractivity contribution in [1.82, 2.24) is 4.72 Å². The molecule has 1 aliphatic rings. The first-order chi connectivity index (χ1) is 10.9. The summed E-state index contributed by atoms with van der Waals surface area (Å²) >= 11 is 0. The Morgan fingerprint density at radius 3 is 2.25 bits per heavy atom. The summed E-state index contributed by atoms with van der Waals surface area (Å²) in [6.07, 6.45) is 0. The van der Waals surface area contributed by atoms with Crippen LogP contribution in [0.4, 0.5) is 0 Å². The number of aliphatic hydroxyl groups is 1. The van der Waals surface area contributed by atoms with Crippen molar-refractivity contribution in [2.24, 2.45) is 0 Å². The fraction of sp³-hybridized carbons (Fsp3) is 0.625. The van der Waals surface area contributed by atoms with Gasteiger partial charge in [0.05, 0.1) is 22.7 Å². The summed E-state index contributed by atoms with van der Waals surface area (Å²) < 4.78 is 39.3. The quantitative estimate of drug-likeness (QED) is 0.769. The fourth-order valence-electron chi connectivity index (χ4n) is 2.38. The minimum absolute atomic E-state index is 0.123. The van der Waals surface area contributed by atoms with Crippen LogP contribution in [0.2, 0.25) is 0 Å². The van der Waals surface area contributed by atoms with Gasteiger partial charge in [0.15, 0.2) is 0 Å². The highest BCUT2D eigenvalue weighted by Gasteiger charge is 2.52. The van der Waals surface area contributed by atoms with Crippen molar-refractivity contribution in [3.05, 3.63) is 23.8 Å². The van der Waals surface area contributed by atoms with E-state index in [0.717, 1.165) is 5.56 Å². The van der Waals surface area contributed by atoms with Gasteiger partial charge in [-0.1, -0.05) is 11.6 Å². The number of hydrogen-bond acceptors (Lipinski definition) is 5. The molecule has 1 aliphatic heterocycles. The first kappa shape index (κ1) is 19.4. The molecule has 0 amide bonds. The van der Waals surface area contributed by atoms with Crippen molar-refractivity contribution in [1.29, 1.82) is 0 Å². The highest BCUT2D eigenvalue weighted by Crippen LogP contribution is 2.36. The Labute approximate surface area is 144 Å². The van der Waals surface area contributed by atoms with Gasteiger partial charge in [-0.3, -0.25) is 0 Å². The molecule has 0 aliphatic carbocycles. The van der Waals surface area contributed by atoms with E-state index in [4.69, 9.17) is 14.4 Å². The highest BCUT2D eigenvalue weighted by atomic mass is 32.2. The van der Waals surface area contributed by atoms with Gasteiger partial charge < -0.3 is 14.4 Å². The van der Waals surface area contributed by atoms with Crippen LogP contribution in [0.3, 0.4) is 0 Å². The molecule has 6 nitrogen and oxygen atoms in total. The van der Waals surface area contributed by atoms with Crippen LogP contribution in [0.15, 0.2) is 23.1 Å². The first-order valence-corrected chi connectivity index (χ1v) is 9.47. The fourth-order valence-corrected chi connectivity index (χ4v) is 3.65. The summed E-state index contributed by atoms with van der Waals surface area (Å²) in [5.41, 5.74) is 0.585. The standard InChI is InChI=1S/C16H26BNO5S/c1-11-7-8-13(24(20,21)18-12(2)10-19)9-14(11)17-22-15(3,4)16(5,6)23-17/h7-9,12,18-19H,10H2,1-6H3. The molecular formula is C16H26BNO5S. The molecule has 0 radical (unpaired) electrons. The van der Waals surface area contributed by atoms with Gasteiger partial charge in [0.1, 0.15) is 0 Å². The van der Waals surface area contributed by atoms with Crippen LogP contribution < -0.4 is 10.2 Å². The third-order valence-electron chi connectivity index (χ3n) is 4.70. The molecule has 1 aromatic rings. The lowest BCUT2D eigenvalue weighted by molar-refractivity contribution is 0.00578. The molecule has 0 bridgehead atoms. The summed E-state index contributed by atoms with van der Waals surface area (Å²) in [6.45, 7) is 11.0. The molecule has 0 saturated carbocycles. The molecule has 1 aromatic carbocycles. The zero-order chi connectivity index (χ0) is 18.3. The average Bonchev–Trinajstić information content (AvgIpc) is 2.66. The molecule has 1 fully saturated rings. The van der Waals surface area contributed by atoms with Crippen molar-refractivity contribution in [3.63, 3.8) is 0 Å². The van der Waals surface area contributed by atoms with E-state index in [2.05, 4.69) is 4.72 Å². The van der Waals surface area contributed by atoms with Gasteiger partial charge in [0.2, 0.25) is 10.0 Å². The van der Waals surface area contributed by atoms with Crippen molar-refractivity contribution < 1.29 is 22.8 Å². The van der Waals surface area contributed by atoms with Crippen LogP contribution in [-0.2, 0) is 19.3 Å². The first-order valence-electron chi connectivity index (χ1n) is 7.99. The Hall–Kier alpha value is -0.925. The van der Waals surface area contributed by atoms with Gasteiger partial charge in [0, 0.05) is 6.04 Å². The highest BCUT2D eigenvalue weighted by molar-refractivity contribution is 7.89. The second kappa shape index (κ2) is 6.42. The van der Waals surface area contributed by atoms with Gasteiger partial charge in [-0.2, -0.15) is 0 Å². The van der Waals surface area contributed by atoms with E-state index in [1.165, 1.54) is 6.07 Å². The molecule has 2 N–H and O–H groups in total. The van der Waals surface area contributed by atoms with E-state index >= 15 is 0 Å². The van der Waals surface area contributed by atoms with Gasteiger partial charge >= 0.3 is 7.12 Å². The molecule has 24 heavy (non-hydrogen) atoms. The van der Waals surface area contributed by atoms with E-state index in [0.29, 0.717) is 5.46 Å². The molecule has 0 spiro atoms. The zero-order valence-electron chi connectivity index (χ0n) is 15.1. The van der Waals surface area contributed by atoms with E-state index in [1.54, 1.807) is 19.1 Å². The summed E-state index contributed by atoms with van der Waals surface area (Å²) in [5.74, 6) is 0. The van der Waals surface area contributed by atoms with Crippen molar-refractivity contribution in [2.45, 2.75) is 63.7 Å². The van der Waals surface area contributed by atoms with Gasteiger partial charge in [-0.25, -0.2) is 13.1 Å². The Balaban J connectivity index is 2.37. The molecule has 1 atom stereocenters. The van der Waals surface area contributed by atoms with Gasteiger partial charge in [-0.15, -0.1) is 0 Å². The van der Waals surface area contributed by atoms with Crippen LogP contribution in [0, 0.1) is 6.92 Å².